The summed E-state index contributed by atoms with van der Waals surface area (Å²) in [5, 5.41) is 6.62. The Morgan fingerprint density at radius 3 is 2.73 bits per heavy atom. The number of benzene rings is 2. The first-order chi connectivity index (χ1) is 12.3. The summed E-state index contributed by atoms with van der Waals surface area (Å²) in [5.74, 6) is 1.95. The lowest BCUT2D eigenvalue weighted by molar-refractivity contribution is 0.267. The summed E-state index contributed by atoms with van der Waals surface area (Å²) in [5.41, 5.74) is 1.95. The fraction of sp³-hybridized carbons (Fsp3) is 0.350. The molecule has 0 bridgehead atoms. The number of aliphatic imine (C=N–C) groups is 1. The average Bonchev–Trinajstić information content (AvgIpc) is 2.66. The van der Waals surface area contributed by atoms with Crippen molar-refractivity contribution in [2.45, 2.75) is 18.8 Å². The van der Waals surface area contributed by atoms with Crippen molar-refractivity contribution in [2.75, 3.05) is 26.7 Å². The van der Waals surface area contributed by atoms with Crippen LogP contribution in [0.5, 0.6) is 5.75 Å². The number of rotatable bonds is 5. The minimum Gasteiger partial charge on any atom is -0.493 e. The van der Waals surface area contributed by atoms with Crippen LogP contribution < -0.4 is 15.4 Å². The lowest BCUT2D eigenvalue weighted by Gasteiger charge is -2.26. The van der Waals surface area contributed by atoms with E-state index in [1.165, 1.54) is 11.6 Å². The molecule has 1 atom stereocenters. The number of para-hydroxylation sites is 1. The van der Waals surface area contributed by atoms with Gasteiger partial charge in [-0.1, -0.05) is 36.4 Å². The summed E-state index contributed by atoms with van der Waals surface area (Å²) >= 11 is 0. The molecule has 0 spiro atoms. The molecule has 0 fully saturated rings. The van der Waals surface area contributed by atoms with E-state index in [2.05, 4.69) is 21.7 Å². The van der Waals surface area contributed by atoms with E-state index in [1.807, 2.05) is 30.3 Å². The van der Waals surface area contributed by atoms with E-state index in [9.17, 15) is 4.39 Å². The van der Waals surface area contributed by atoms with Crippen LogP contribution in [-0.4, -0.2) is 32.7 Å². The van der Waals surface area contributed by atoms with Crippen LogP contribution in [0.25, 0.3) is 0 Å². The molecule has 0 aromatic heterocycles. The average molecular weight is 469 g/mol. The molecule has 4 nitrogen and oxygen atoms in total. The molecule has 1 unspecified atom stereocenters. The molecule has 0 aliphatic carbocycles. The summed E-state index contributed by atoms with van der Waals surface area (Å²) in [7, 11) is 1.75. The molecule has 2 N–H and O–H groups in total. The Balaban J connectivity index is 0.00000243. The number of halogens is 2. The maximum Gasteiger partial charge on any atom is 0.191 e. The van der Waals surface area contributed by atoms with Gasteiger partial charge in [-0.25, -0.2) is 4.39 Å². The van der Waals surface area contributed by atoms with Gasteiger partial charge in [-0.3, -0.25) is 4.99 Å². The molecule has 2 aromatic carbocycles. The molecule has 0 radical (unpaired) electrons. The molecule has 3 rings (SSSR count). The third kappa shape index (κ3) is 5.33. The zero-order valence-corrected chi connectivity index (χ0v) is 17.2. The fourth-order valence-electron chi connectivity index (χ4n) is 3.09. The van der Waals surface area contributed by atoms with Gasteiger partial charge in [-0.2, -0.15) is 0 Å². The maximum atomic E-state index is 13.6. The predicted molar refractivity (Wildman–Crippen MR) is 114 cm³/mol. The van der Waals surface area contributed by atoms with Crippen molar-refractivity contribution in [3.05, 3.63) is 65.5 Å². The monoisotopic (exact) mass is 469 g/mol. The second-order valence-electron chi connectivity index (χ2n) is 6.09. The molecule has 2 aromatic rings. The number of fused-ring (bicyclic) bond motifs is 1. The molecule has 0 saturated heterocycles. The Labute approximate surface area is 171 Å². The van der Waals surface area contributed by atoms with E-state index in [4.69, 9.17) is 4.74 Å². The Hall–Kier alpha value is -1.83. The van der Waals surface area contributed by atoms with Crippen LogP contribution in [0, 0.1) is 5.82 Å². The van der Waals surface area contributed by atoms with E-state index in [-0.39, 0.29) is 29.8 Å². The van der Waals surface area contributed by atoms with Gasteiger partial charge in [-0.05, 0) is 36.1 Å². The Morgan fingerprint density at radius 1 is 1.15 bits per heavy atom. The highest BCUT2D eigenvalue weighted by Crippen LogP contribution is 2.32. The van der Waals surface area contributed by atoms with Gasteiger partial charge in [0.2, 0.25) is 0 Å². The summed E-state index contributed by atoms with van der Waals surface area (Å²) in [4.78, 5) is 4.25. The first-order valence-electron chi connectivity index (χ1n) is 8.67. The molecule has 0 saturated carbocycles. The van der Waals surface area contributed by atoms with Crippen molar-refractivity contribution in [2.24, 2.45) is 4.99 Å². The minimum atomic E-state index is -0.161. The van der Waals surface area contributed by atoms with Gasteiger partial charge in [0, 0.05) is 26.1 Å². The lowest BCUT2D eigenvalue weighted by Crippen LogP contribution is -2.40. The van der Waals surface area contributed by atoms with Gasteiger partial charge < -0.3 is 15.4 Å². The van der Waals surface area contributed by atoms with Gasteiger partial charge in [0.15, 0.2) is 5.96 Å². The van der Waals surface area contributed by atoms with Crippen molar-refractivity contribution < 1.29 is 9.13 Å². The third-order valence-corrected chi connectivity index (χ3v) is 4.47. The van der Waals surface area contributed by atoms with E-state index < -0.39 is 0 Å². The lowest BCUT2D eigenvalue weighted by atomic mass is 9.93. The Morgan fingerprint density at radius 2 is 1.92 bits per heavy atom. The molecule has 6 heteroatoms. The van der Waals surface area contributed by atoms with Gasteiger partial charge in [0.05, 0.1) is 6.61 Å². The number of nitrogens with one attached hydrogen (secondary N) is 2. The topological polar surface area (TPSA) is 45.7 Å². The van der Waals surface area contributed by atoms with Gasteiger partial charge in [0.1, 0.15) is 11.6 Å². The number of hydrogen-bond donors (Lipinski definition) is 2. The smallest absolute Gasteiger partial charge is 0.191 e. The van der Waals surface area contributed by atoms with E-state index >= 15 is 0 Å². The largest absolute Gasteiger partial charge is 0.493 e. The second-order valence-corrected chi connectivity index (χ2v) is 6.09. The summed E-state index contributed by atoms with van der Waals surface area (Å²) in [6, 6.07) is 15.0. The highest BCUT2D eigenvalue weighted by atomic mass is 127. The van der Waals surface area contributed by atoms with E-state index in [0.717, 1.165) is 31.3 Å². The van der Waals surface area contributed by atoms with Crippen LogP contribution in [0.15, 0.2) is 53.5 Å². The van der Waals surface area contributed by atoms with Crippen LogP contribution in [0.2, 0.25) is 0 Å². The summed E-state index contributed by atoms with van der Waals surface area (Å²) in [6.07, 6.45) is 1.60. The van der Waals surface area contributed by atoms with Crippen molar-refractivity contribution in [3.63, 3.8) is 0 Å². The Bertz CT molecular complexity index is 739. The van der Waals surface area contributed by atoms with Crippen molar-refractivity contribution in [1.29, 1.82) is 0 Å². The zero-order chi connectivity index (χ0) is 17.5. The highest BCUT2D eigenvalue weighted by molar-refractivity contribution is 14.0. The fourth-order valence-corrected chi connectivity index (χ4v) is 3.09. The summed E-state index contributed by atoms with van der Waals surface area (Å²) in [6.45, 7) is 2.16. The Kier molecular flexibility index (Phi) is 8.15. The van der Waals surface area contributed by atoms with Crippen molar-refractivity contribution in [1.82, 2.24) is 10.6 Å². The maximum absolute atomic E-state index is 13.6. The number of ether oxygens (including phenoxy) is 1. The number of hydrogen-bond acceptors (Lipinski definition) is 2. The first-order valence-corrected chi connectivity index (χ1v) is 8.67. The molecule has 1 heterocycles. The van der Waals surface area contributed by atoms with Crippen molar-refractivity contribution >= 4 is 29.9 Å². The van der Waals surface area contributed by atoms with Gasteiger partial charge in [0.25, 0.3) is 0 Å². The zero-order valence-electron chi connectivity index (χ0n) is 14.9. The molecule has 1 aliphatic rings. The standard InChI is InChI=1S/C20H24FN3O.HI/c1-22-20(23-12-10-15-6-2-4-8-18(15)21)24-14-16-11-13-25-19-9-5-3-7-17(16)19;/h2-9,16H,10-14H2,1H3,(H2,22,23,24);1H. The SMILES string of the molecule is CN=C(NCCc1ccccc1F)NCC1CCOc2ccccc21.I. The molecular formula is C20H25FIN3O. The normalized spacial score (nSPS) is 16.1. The van der Waals surface area contributed by atoms with Gasteiger partial charge >= 0.3 is 0 Å². The summed E-state index contributed by atoms with van der Waals surface area (Å²) < 4.78 is 19.3. The molecular weight excluding hydrogens is 444 g/mol. The van der Waals surface area contributed by atoms with Crippen LogP contribution in [-0.2, 0) is 6.42 Å². The molecule has 0 amide bonds. The third-order valence-electron chi connectivity index (χ3n) is 4.47. The highest BCUT2D eigenvalue weighted by Gasteiger charge is 2.20. The van der Waals surface area contributed by atoms with Crippen molar-refractivity contribution in [3.8, 4) is 5.75 Å². The van der Waals surface area contributed by atoms with Crippen LogP contribution in [0.3, 0.4) is 0 Å². The first kappa shape index (κ1) is 20.5. The quantitative estimate of drug-likeness (QED) is 0.399. The molecule has 26 heavy (non-hydrogen) atoms. The van der Waals surface area contributed by atoms with Crippen LogP contribution in [0.4, 0.5) is 4.39 Å². The number of guanidine groups is 1. The molecule has 1 aliphatic heterocycles. The van der Waals surface area contributed by atoms with Crippen LogP contribution in [0.1, 0.15) is 23.5 Å². The van der Waals surface area contributed by atoms with Crippen LogP contribution >= 0.6 is 24.0 Å². The van der Waals surface area contributed by atoms with Gasteiger partial charge in [-0.15, -0.1) is 24.0 Å². The minimum absolute atomic E-state index is 0. The second kappa shape index (κ2) is 10.4. The molecule has 140 valence electrons. The van der Waals surface area contributed by atoms with E-state index in [1.54, 1.807) is 13.1 Å². The van der Waals surface area contributed by atoms with E-state index in [0.29, 0.717) is 24.4 Å². The number of nitrogens with zero attached hydrogens (tertiary/aromatic N) is 1. The predicted octanol–water partition coefficient (Wildman–Crippen LogP) is 3.72.